The van der Waals surface area contributed by atoms with Gasteiger partial charge in [-0.25, -0.2) is 0 Å². The molecule has 0 spiro atoms. The Bertz CT molecular complexity index is 249. The number of hydrogen-bond donors (Lipinski definition) is 1. The van der Waals surface area contributed by atoms with Crippen molar-refractivity contribution in [2.45, 2.75) is 25.1 Å². The van der Waals surface area contributed by atoms with Crippen LogP contribution in [0.15, 0.2) is 0 Å². The van der Waals surface area contributed by atoms with E-state index in [1.807, 2.05) is 18.7 Å². The average molecular weight is 307 g/mol. The number of carbonyl (C=O) groups excluding carboxylic acids is 1. The second kappa shape index (κ2) is 7.34. The average Bonchev–Trinajstić information content (AvgIpc) is 2.53. The molecule has 5 heteroatoms. The van der Waals surface area contributed by atoms with Crippen molar-refractivity contribution in [3.05, 3.63) is 0 Å². The minimum Gasteiger partial charge on any atom is -0.395 e. The Morgan fingerprint density at radius 2 is 2.00 bits per heavy atom. The van der Waals surface area contributed by atoms with E-state index in [4.69, 9.17) is 5.11 Å². The first-order valence-corrected chi connectivity index (χ1v) is 7.24. The molecule has 100 valence electrons. The molecular formula is C12H23BrN2O2. The van der Waals surface area contributed by atoms with Crippen molar-refractivity contribution in [1.29, 1.82) is 0 Å². The Morgan fingerprint density at radius 1 is 1.29 bits per heavy atom. The fourth-order valence-electron chi connectivity index (χ4n) is 2.02. The lowest BCUT2D eigenvalue weighted by Crippen LogP contribution is -2.41. The van der Waals surface area contributed by atoms with Gasteiger partial charge in [0.1, 0.15) is 0 Å². The maximum absolute atomic E-state index is 12.2. The van der Waals surface area contributed by atoms with Gasteiger partial charge in [-0.1, -0.05) is 29.8 Å². The van der Waals surface area contributed by atoms with E-state index in [-0.39, 0.29) is 17.3 Å². The monoisotopic (exact) mass is 306 g/mol. The van der Waals surface area contributed by atoms with Crippen LogP contribution in [0.2, 0.25) is 0 Å². The number of nitrogens with zero attached hydrogens (tertiary/aromatic N) is 2. The van der Waals surface area contributed by atoms with Crippen molar-refractivity contribution < 1.29 is 9.90 Å². The highest BCUT2D eigenvalue weighted by Gasteiger charge is 2.26. The molecule has 1 amide bonds. The van der Waals surface area contributed by atoms with Crippen LogP contribution in [0.1, 0.15) is 20.3 Å². The van der Waals surface area contributed by atoms with Crippen molar-refractivity contribution in [2.75, 3.05) is 39.3 Å². The second-order valence-electron chi connectivity index (χ2n) is 4.89. The molecular weight excluding hydrogens is 284 g/mol. The molecule has 1 rings (SSSR count). The summed E-state index contributed by atoms with van der Waals surface area (Å²) in [4.78, 5) is 16.2. The Kier molecular flexibility index (Phi) is 6.44. The first-order valence-electron chi connectivity index (χ1n) is 6.32. The summed E-state index contributed by atoms with van der Waals surface area (Å²) in [7, 11) is 0. The summed E-state index contributed by atoms with van der Waals surface area (Å²) in [5.41, 5.74) is 0. The van der Waals surface area contributed by atoms with Crippen LogP contribution in [0, 0.1) is 5.92 Å². The minimum atomic E-state index is -0.0770. The van der Waals surface area contributed by atoms with E-state index < -0.39 is 0 Å². The van der Waals surface area contributed by atoms with Crippen LogP contribution in [-0.2, 0) is 4.79 Å². The molecule has 1 atom stereocenters. The second-order valence-corrected chi connectivity index (χ2v) is 5.88. The zero-order valence-electron chi connectivity index (χ0n) is 10.7. The van der Waals surface area contributed by atoms with Crippen LogP contribution < -0.4 is 0 Å². The van der Waals surface area contributed by atoms with Crippen LogP contribution in [0.4, 0.5) is 0 Å². The number of aliphatic hydroxyl groups excluding tert-OH is 1. The predicted octanol–water partition coefficient (Wildman–Crippen LogP) is 0.933. The van der Waals surface area contributed by atoms with Gasteiger partial charge in [0.15, 0.2) is 0 Å². The molecule has 0 radical (unpaired) electrons. The van der Waals surface area contributed by atoms with E-state index in [0.29, 0.717) is 12.5 Å². The summed E-state index contributed by atoms with van der Waals surface area (Å²) in [5.74, 6) is 0.519. The molecule has 0 aromatic heterocycles. The lowest BCUT2D eigenvalue weighted by Gasteiger charge is -2.25. The number of halogens is 1. The molecule has 1 fully saturated rings. The molecule has 1 heterocycles. The number of carbonyl (C=O) groups is 1. The van der Waals surface area contributed by atoms with E-state index in [0.717, 1.165) is 32.6 Å². The van der Waals surface area contributed by atoms with Gasteiger partial charge < -0.3 is 10.0 Å². The summed E-state index contributed by atoms with van der Waals surface area (Å²) in [6.07, 6.45) is 0.990. The van der Waals surface area contributed by atoms with E-state index >= 15 is 0 Å². The minimum absolute atomic E-state index is 0.0770. The number of rotatable bonds is 4. The molecule has 0 saturated carbocycles. The molecule has 17 heavy (non-hydrogen) atoms. The van der Waals surface area contributed by atoms with Gasteiger partial charge in [-0.3, -0.25) is 9.69 Å². The maximum atomic E-state index is 12.2. The van der Waals surface area contributed by atoms with Crippen molar-refractivity contribution in [1.82, 2.24) is 9.80 Å². The summed E-state index contributed by atoms with van der Waals surface area (Å²) >= 11 is 3.47. The van der Waals surface area contributed by atoms with Gasteiger partial charge in [-0.15, -0.1) is 0 Å². The van der Waals surface area contributed by atoms with Gasteiger partial charge in [0.25, 0.3) is 0 Å². The van der Waals surface area contributed by atoms with Gasteiger partial charge in [0, 0.05) is 26.2 Å². The Labute approximate surface area is 112 Å². The smallest absolute Gasteiger partial charge is 0.236 e. The standard InChI is InChI=1S/C12H23BrN2O2/c1-10(2)11(13)12(17)15-5-3-4-14(6-7-15)8-9-16/h10-11,16H,3-9H2,1-2H3. The fourth-order valence-corrected chi connectivity index (χ4v) is 2.31. The van der Waals surface area contributed by atoms with Crippen LogP contribution in [0.3, 0.4) is 0 Å². The number of β-amino-alcohol motifs (C(OH)–C–C–N with tert-alkyl or cyclic N) is 1. The highest BCUT2D eigenvalue weighted by Crippen LogP contribution is 2.16. The van der Waals surface area contributed by atoms with Crippen LogP contribution in [0.25, 0.3) is 0 Å². The third-order valence-corrected chi connectivity index (χ3v) is 4.59. The zero-order chi connectivity index (χ0) is 12.8. The number of aliphatic hydroxyl groups is 1. The lowest BCUT2D eigenvalue weighted by atomic mass is 10.1. The lowest BCUT2D eigenvalue weighted by molar-refractivity contribution is -0.131. The fraction of sp³-hybridized carbons (Fsp3) is 0.917. The molecule has 4 nitrogen and oxygen atoms in total. The summed E-state index contributed by atoms with van der Waals surface area (Å²) in [6.45, 7) is 8.44. The first-order chi connectivity index (χ1) is 8.06. The maximum Gasteiger partial charge on any atom is 0.236 e. The molecule has 1 unspecified atom stereocenters. The molecule has 0 bridgehead atoms. The highest BCUT2D eigenvalue weighted by atomic mass is 79.9. The zero-order valence-corrected chi connectivity index (χ0v) is 12.3. The van der Waals surface area contributed by atoms with E-state index in [9.17, 15) is 4.79 Å². The van der Waals surface area contributed by atoms with E-state index in [2.05, 4.69) is 20.8 Å². The molecule has 1 saturated heterocycles. The largest absolute Gasteiger partial charge is 0.395 e. The number of amides is 1. The normalized spacial score (nSPS) is 20.4. The van der Waals surface area contributed by atoms with E-state index in [1.54, 1.807) is 0 Å². The summed E-state index contributed by atoms with van der Waals surface area (Å²) in [6, 6.07) is 0. The molecule has 0 aliphatic carbocycles. The molecule has 1 aliphatic rings. The predicted molar refractivity (Wildman–Crippen MR) is 72.3 cm³/mol. The highest BCUT2D eigenvalue weighted by molar-refractivity contribution is 9.10. The third kappa shape index (κ3) is 4.56. The Balaban J connectivity index is 2.48. The van der Waals surface area contributed by atoms with Gasteiger partial charge >= 0.3 is 0 Å². The Hall–Kier alpha value is -0.130. The third-order valence-electron chi connectivity index (χ3n) is 3.14. The van der Waals surface area contributed by atoms with Crippen molar-refractivity contribution >= 4 is 21.8 Å². The van der Waals surface area contributed by atoms with Crippen molar-refractivity contribution in [3.63, 3.8) is 0 Å². The quantitative estimate of drug-likeness (QED) is 0.786. The molecule has 1 N–H and O–H groups in total. The van der Waals surface area contributed by atoms with E-state index in [1.165, 1.54) is 0 Å². The van der Waals surface area contributed by atoms with Crippen LogP contribution in [0.5, 0.6) is 0 Å². The van der Waals surface area contributed by atoms with Crippen LogP contribution in [-0.4, -0.2) is 65.0 Å². The molecule has 0 aromatic rings. The first kappa shape index (κ1) is 14.9. The summed E-state index contributed by atoms with van der Waals surface area (Å²) in [5, 5.41) is 8.92. The molecule has 0 aromatic carbocycles. The number of hydrogen-bond acceptors (Lipinski definition) is 3. The topological polar surface area (TPSA) is 43.8 Å². The van der Waals surface area contributed by atoms with Crippen molar-refractivity contribution in [3.8, 4) is 0 Å². The SMILES string of the molecule is CC(C)C(Br)C(=O)N1CCCN(CCO)CC1. The van der Waals surface area contributed by atoms with Gasteiger partial charge in [0.2, 0.25) is 5.91 Å². The van der Waals surface area contributed by atoms with Gasteiger partial charge in [-0.05, 0) is 18.9 Å². The van der Waals surface area contributed by atoms with Crippen molar-refractivity contribution in [2.24, 2.45) is 5.92 Å². The Morgan fingerprint density at radius 3 is 2.59 bits per heavy atom. The van der Waals surface area contributed by atoms with Gasteiger partial charge in [-0.2, -0.15) is 0 Å². The summed E-state index contributed by atoms with van der Waals surface area (Å²) < 4.78 is 0. The van der Waals surface area contributed by atoms with Crippen LogP contribution >= 0.6 is 15.9 Å². The number of alkyl halides is 1. The van der Waals surface area contributed by atoms with Gasteiger partial charge in [0.05, 0.1) is 11.4 Å². The molecule has 1 aliphatic heterocycles.